The van der Waals surface area contributed by atoms with E-state index in [-0.39, 0.29) is 15.7 Å². The molecule has 0 aliphatic rings. The van der Waals surface area contributed by atoms with E-state index in [1.165, 1.54) is 12.1 Å². The molecule has 7 heteroatoms. The summed E-state index contributed by atoms with van der Waals surface area (Å²) in [5.41, 5.74) is 0.508. The first-order valence-electron chi connectivity index (χ1n) is 4.57. The highest BCUT2D eigenvalue weighted by Crippen LogP contribution is 2.29. The Hall–Kier alpha value is -1.52. The van der Waals surface area contributed by atoms with E-state index in [1.54, 1.807) is 6.92 Å². The number of benzene rings is 1. The maximum atomic E-state index is 13.8. The number of nitriles is 1. The van der Waals surface area contributed by atoms with Gasteiger partial charge >= 0.3 is 0 Å². The van der Waals surface area contributed by atoms with Gasteiger partial charge < -0.3 is 5.32 Å². The Balaban J connectivity index is 2.35. The minimum absolute atomic E-state index is 0.145. The van der Waals surface area contributed by atoms with E-state index in [2.05, 4.69) is 30.6 Å². The predicted molar refractivity (Wildman–Crippen MR) is 66.7 cm³/mol. The Labute approximate surface area is 109 Å². The molecule has 2 rings (SSSR count). The lowest BCUT2D eigenvalue weighted by molar-refractivity contribution is 0.624. The molecule has 0 saturated carbocycles. The summed E-state index contributed by atoms with van der Waals surface area (Å²) in [4.78, 5) is 4.07. The van der Waals surface area contributed by atoms with Crippen LogP contribution in [0.25, 0.3) is 0 Å². The number of anilines is 2. The van der Waals surface area contributed by atoms with Crippen LogP contribution >= 0.6 is 27.5 Å². The maximum Gasteiger partial charge on any atom is 0.207 e. The molecule has 0 atom stereocenters. The van der Waals surface area contributed by atoms with Gasteiger partial charge in [0.2, 0.25) is 5.13 Å². The molecule has 0 bridgehead atoms. The number of hydrogen-bond donors (Lipinski definition) is 1. The molecule has 0 aliphatic carbocycles. The fraction of sp³-hybridized carbons (Fsp3) is 0.100. The van der Waals surface area contributed by atoms with Crippen molar-refractivity contribution in [2.75, 3.05) is 5.32 Å². The van der Waals surface area contributed by atoms with Crippen molar-refractivity contribution in [2.24, 2.45) is 0 Å². The van der Waals surface area contributed by atoms with E-state index < -0.39 is 5.82 Å². The number of hydrogen-bond acceptors (Lipinski definition) is 5. The summed E-state index contributed by atoms with van der Waals surface area (Å²) < 4.78 is 18.0. The summed E-state index contributed by atoms with van der Waals surface area (Å²) >= 11 is 4.19. The van der Waals surface area contributed by atoms with Crippen LogP contribution in [0, 0.1) is 24.1 Å². The molecule has 0 fully saturated rings. The van der Waals surface area contributed by atoms with Crippen molar-refractivity contribution in [3.63, 3.8) is 0 Å². The van der Waals surface area contributed by atoms with Crippen molar-refractivity contribution in [2.45, 2.75) is 6.92 Å². The van der Waals surface area contributed by atoms with Crippen LogP contribution in [0.15, 0.2) is 16.6 Å². The van der Waals surface area contributed by atoms with Gasteiger partial charge in [-0.25, -0.2) is 9.37 Å². The first kappa shape index (κ1) is 12.0. The van der Waals surface area contributed by atoms with E-state index in [0.717, 1.165) is 11.5 Å². The van der Waals surface area contributed by atoms with E-state index in [9.17, 15) is 4.39 Å². The molecule has 1 aromatic carbocycles. The SMILES string of the molecule is Cc1nsc(Nc2ccc(C#N)c(Br)c2F)n1. The molecule has 0 unspecified atom stereocenters. The van der Waals surface area contributed by atoms with Gasteiger partial charge in [0.15, 0.2) is 5.82 Å². The topological polar surface area (TPSA) is 61.6 Å². The molecular formula is C10H6BrFN4S. The number of nitrogens with zero attached hydrogens (tertiary/aromatic N) is 3. The Bertz CT molecular complexity index is 605. The molecule has 17 heavy (non-hydrogen) atoms. The molecular weight excluding hydrogens is 307 g/mol. The van der Waals surface area contributed by atoms with Crippen molar-refractivity contribution in [3.05, 3.63) is 33.8 Å². The van der Waals surface area contributed by atoms with E-state index in [4.69, 9.17) is 5.26 Å². The zero-order valence-corrected chi connectivity index (χ0v) is 11.1. The van der Waals surface area contributed by atoms with Crippen molar-refractivity contribution >= 4 is 38.3 Å². The zero-order valence-electron chi connectivity index (χ0n) is 8.66. The minimum atomic E-state index is -0.517. The van der Waals surface area contributed by atoms with Gasteiger partial charge in [-0.3, -0.25) is 0 Å². The molecule has 0 aliphatic heterocycles. The van der Waals surface area contributed by atoms with Crippen LogP contribution in [0.5, 0.6) is 0 Å². The molecule has 4 nitrogen and oxygen atoms in total. The Morgan fingerprint density at radius 1 is 1.53 bits per heavy atom. The molecule has 0 radical (unpaired) electrons. The van der Waals surface area contributed by atoms with Gasteiger partial charge in [0.25, 0.3) is 0 Å². The van der Waals surface area contributed by atoms with Crippen LogP contribution in [0.1, 0.15) is 11.4 Å². The summed E-state index contributed by atoms with van der Waals surface area (Å²) in [6, 6.07) is 4.92. The summed E-state index contributed by atoms with van der Waals surface area (Å²) in [5, 5.41) is 12.1. The van der Waals surface area contributed by atoms with E-state index in [1.807, 2.05) is 6.07 Å². The Morgan fingerprint density at radius 2 is 2.29 bits per heavy atom. The van der Waals surface area contributed by atoms with Gasteiger partial charge in [-0.05, 0) is 35.0 Å². The summed E-state index contributed by atoms with van der Waals surface area (Å²) in [6.45, 7) is 1.76. The highest BCUT2D eigenvalue weighted by molar-refractivity contribution is 9.10. The van der Waals surface area contributed by atoms with Gasteiger partial charge in [0, 0.05) is 11.5 Å². The number of halogens is 2. The van der Waals surface area contributed by atoms with Crippen LogP contribution in [0.3, 0.4) is 0 Å². The van der Waals surface area contributed by atoms with Gasteiger partial charge in [-0.1, -0.05) is 0 Å². The first-order chi connectivity index (χ1) is 8.11. The van der Waals surface area contributed by atoms with Gasteiger partial charge in [-0.15, -0.1) is 0 Å². The second-order valence-electron chi connectivity index (χ2n) is 3.17. The van der Waals surface area contributed by atoms with E-state index in [0.29, 0.717) is 11.0 Å². The van der Waals surface area contributed by atoms with Crippen LogP contribution < -0.4 is 5.32 Å². The fourth-order valence-corrected chi connectivity index (χ4v) is 2.22. The fourth-order valence-electron chi connectivity index (χ4n) is 1.20. The Morgan fingerprint density at radius 3 is 2.88 bits per heavy atom. The number of aromatic nitrogens is 2. The van der Waals surface area contributed by atoms with Gasteiger partial charge in [-0.2, -0.15) is 9.64 Å². The lowest BCUT2D eigenvalue weighted by Crippen LogP contribution is -1.95. The number of aryl methyl sites for hydroxylation is 1. The molecule has 1 heterocycles. The standard InChI is InChI=1S/C10H6BrFN4S/c1-5-14-10(17-16-5)15-7-3-2-6(4-13)8(11)9(7)12/h2-3H,1H3,(H,14,15,16). The van der Waals surface area contributed by atoms with Gasteiger partial charge in [0.1, 0.15) is 11.9 Å². The third-order valence-corrected chi connectivity index (χ3v) is 3.47. The molecule has 86 valence electrons. The average molecular weight is 313 g/mol. The molecule has 1 aromatic heterocycles. The highest BCUT2D eigenvalue weighted by Gasteiger charge is 2.12. The minimum Gasteiger partial charge on any atom is -0.328 e. The molecule has 0 spiro atoms. The van der Waals surface area contributed by atoms with Crippen molar-refractivity contribution < 1.29 is 4.39 Å². The largest absolute Gasteiger partial charge is 0.328 e. The quantitative estimate of drug-likeness (QED) is 0.923. The van der Waals surface area contributed by atoms with E-state index >= 15 is 0 Å². The molecule has 0 saturated heterocycles. The molecule has 2 aromatic rings. The predicted octanol–water partition coefficient (Wildman–Crippen LogP) is 3.36. The van der Waals surface area contributed by atoms with Crippen molar-refractivity contribution in [3.8, 4) is 6.07 Å². The normalized spacial score (nSPS) is 10.0. The van der Waals surface area contributed by atoms with Crippen LogP contribution in [0.2, 0.25) is 0 Å². The average Bonchev–Trinajstić information content (AvgIpc) is 2.71. The lowest BCUT2D eigenvalue weighted by atomic mass is 10.2. The second kappa shape index (κ2) is 4.77. The third kappa shape index (κ3) is 2.43. The first-order valence-corrected chi connectivity index (χ1v) is 6.14. The highest BCUT2D eigenvalue weighted by atomic mass is 79.9. The number of rotatable bonds is 2. The van der Waals surface area contributed by atoms with Crippen LogP contribution in [-0.4, -0.2) is 9.36 Å². The van der Waals surface area contributed by atoms with Crippen molar-refractivity contribution in [1.29, 1.82) is 5.26 Å². The third-order valence-electron chi connectivity index (χ3n) is 1.97. The maximum absolute atomic E-state index is 13.8. The van der Waals surface area contributed by atoms with Crippen LogP contribution in [-0.2, 0) is 0 Å². The van der Waals surface area contributed by atoms with Gasteiger partial charge in [0.05, 0.1) is 15.7 Å². The van der Waals surface area contributed by atoms with Crippen molar-refractivity contribution in [1.82, 2.24) is 9.36 Å². The molecule has 1 N–H and O–H groups in total. The Kier molecular flexibility index (Phi) is 3.36. The summed E-state index contributed by atoms with van der Waals surface area (Å²) in [7, 11) is 0. The smallest absolute Gasteiger partial charge is 0.207 e. The lowest BCUT2D eigenvalue weighted by Gasteiger charge is -2.05. The summed E-state index contributed by atoms with van der Waals surface area (Å²) in [5.74, 6) is 0.113. The van der Waals surface area contributed by atoms with Crippen LogP contribution in [0.4, 0.5) is 15.2 Å². The second-order valence-corrected chi connectivity index (χ2v) is 4.72. The zero-order chi connectivity index (χ0) is 12.4. The monoisotopic (exact) mass is 312 g/mol. The number of nitrogens with one attached hydrogen (secondary N) is 1. The molecule has 0 amide bonds. The summed E-state index contributed by atoms with van der Waals surface area (Å²) in [6.07, 6.45) is 0.